The molecule has 6 nitrogen and oxygen atoms in total. The smallest absolute Gasteiger partial charge is 0.355 e. The van der Waals surface area contributed by atoms with Crippen LogP contribution < -0.4 is 5.32 Å². The lowest BCUT2D eigenvalue weighted by molar-refractivity contribution is -0.121. The zero-order valence-corrected chi connectivity index (χ0v) is 12.1. The average Bonchev–Trinajstić information content (AvgIpc) is 2.88. The summed E-state index contributed by atoms with van der Waals surface area (Å²) in [7, 11) is 0. The first-order valence-corrected chi connectivity index (χ1v) is 7.09. The number of nitrogens with zero attached hydrogens (tertiary/aromatic N) is 1. The van der Waals surface area contributed by atoms with E-state index in [0.717, 1.165) is 0 Å². The quantitative estimate of drug-likeness (QED) is 0.784. The van der Waals surface area contributed by atoms with Crippen molar-refractivity contribution < 1.29 is 19.8 Å². The summed E-state index contributed by atoms with van der Waals surface area (Å²) in [5, 5.41) is 22.9. The number of carboxylic acid groups (broad SMARTS) is 1. The van der Waals surface area contributed by atoms with Crippen molar-refractivity contribution in [3.8, 4) is 5.75 Å². The van der Waals surface area contributed by atoms with Crippen molar-refractivity contribution in [2.45, 2.75) is 19.4 Å². The fourth-order valence-electron chi connectivity index (χ4n) is 1.79. The van der Waals surface area contributed by atoms with Crippen LogP contribution in [0.5, 0.6) is 5.75 Å². The standard InChI is InChI=1S/C14H14N2O4S/c1-8(13-16-11(7-21-13)14(19)20)15-12(18)6-9-3-2-4-10(17)5-9/h2-5,7-8,17H,6H2,1H3,(H,15,18)(H,19,20). The van der Waals surface area contributed by atoms with E-state index in [1.165, 1.54) is 28.8 Å². The zero-order chi connectivity index (χ0) is 15.4. The normalized spacial score (nSPS) is 11.9. The van der Waals surface area contributed by atoms with E-state index >= 15 is 0 Å². The summed E-state index contributed by atoms with van der Waals surface area (Å²) in [6.45, 7) is 1.74. The summed E-state index contributed by atoms with van der Waals surface area (Å²) in [5.41, 5.74) is 0.675. The lowest BCUT2D eigenvalue weighted by atomic mass is 10.1. The Morgan fingerprint density at radius 2 is 2.19 bits per heavy atom. The number of aromatic nitrogens is 1. The van der Waals surface area contributed by atoms with Gasteiger partial charge in [-0.2, -0.15) is 0 Å². The second kappa shape index (κ2) is 6.36. The predicted molar refractivity (Wildman–Crippen MR) is 77.4 cm³/mol. The van der Waals surface area contributed by atoms with E-state index in [1.807, 2.05) is 0 Å². The first-order valence-electron chi connectivity index (χ1n) is 6.21. The van der Waals surface area contributed by atoms with Crippen molar-refractivity contribution in [1.82, 2.24) is 10.3 Å². The lowest BCUT2D eigenvalue weighted by Crippen LogP contribution is -2.28. The number of phenolic OH excluding ortho intramolecular Hbond substituents is 1. The molecule has 1 aromatic heterocycles. The van der Waals surface area contributed by atoms with Crippen LogP contribution in [-0.2, 0) is 11.2 Å². The van der Waals surface area contributed by atoms with Crippen molar-refractivity contribution in [3.63, 3.8) is 0 Å². The molecule has 0 aliphatic rings. The van der Waals surface area contributed by atoms with Crippen LogP contribution in [0.25, 0.3) is 0 Å². The molecule has 2 rings (SSSR count). The van der Waals surface area contributed by atoms with Gasteiger partial charge in [0.05, 0.1) is 12.5 Å². The Bertz CT molecular complexity index is 668. The summed E-state index contributed by atoms with van der Waals surface area (Å²) in [4.78, 5) is 26.6. The molecule has 1 amide bonds. The molecular weight excluding hydrogens is 292 g/mol. The van der Waals surface area contributed by atoms with Gasteiger partial charge in [0.25, 0.3) is 0 Å². The Morgan fingerprint density at radius 3 is 2.81 bits per heavy atom. The second-order valence-electron chi connectivity index (χ2n) is 4.51. The van der Waals surface area contributed by atoms with Gasteiger partial charge in [0.15, 0.2) is 5.69 Å². The van der Waals surface area contributed by atoms with Crippen molar-refractivity contribution in [2.24, 2.45) is 0 Å². The van der Waals surface area contributed by atoms with E-state index in [4.69, 9.17) is 5.11 Å². The Labute approximate surface area is 125 Å². The topological polar surface area (TPSA) is 99.5 Å². The van der Waals surface area contributed by atoms with E-state index in [1.54, 1.807) is 19.1 Å². The Hall–Kier alpha value is -2.41. The number of rotatable bonds is 5. The molecule has 21 heavy (non-hydrogen) atoms. The summed E-state index contributed by atoms with van der Waals surface area (Å²) < 4.78 is 0. The highest BCUT2D eigenvalue weighted by Crippen LogP contribution is 2.18. The molecule has 110 valence electrons. The molecular formula is C14H14N2O4S. The second-order valence-corrected chi connectivity index (χ2v) is 5.40. The number of nitrogens with one attached hydrogen (secondary N) is 1. The molecule has 1 heterocycles. The Kier molecular flexibility index (Phi) is 4.54. The fourth-order valence-corrected chi connectivity index (χ4v) is 2.59. The van der Waals surface area contributed by atoms with Gasteiger partial charge in [0, 0.05) is 5.38 Å². The monoisotopic (exact) mass is 306 g/mol. The minimum atomic E-state index is -1.09. The first-order chi connectivity index (χ1) is 9.95. The third-order valence-corrected chi connectivity index (χ3v) is 3.79. The maximum Gasteiger partial charge on any atom is 0.355 e. The molecule has 0 spiro atoms. The predicted octanol–water partition coefficient (Wildman–Crippen LogP) is 1.97. The van der Waals surface area contributed by atoms with Crippen molar-refractivity contribution >= 4 is 23.2 Å². The van der Waals surface area contributed by atoms with Gasteiger partial charge in [-0.05, 0) is 24.6 Å². The zero-order valence-electron chi connectivity index (χ0n) is 11.2. The van der Waals surface area contributed by atoms with Crippen LogP contribution in [0.3, 0.4) is 0 Å². The van der Waals surface area contributed by atoms with Crippen LogP contribution in [0.1, 0.15) is 34.0 Å². The molecule has 0 fully saturated rings. The number of carboxylic acids is 1. The van der Waals surface area contributed by atoms with E-state index in [2.05, 4.69) is 10.3 Å². The van der Waals surface area contributed by atoms with Crippen LogP contribution in [-0.4, -0.2) is 27.1 Å². The van der Waals surface area contributed by atoms with Crippen molar-refractivity contribution in [2.75, 3.05) is 0 Å². The number of hydrogen-bond acceptors (Lipinski definition) is 5. The van der Waals surface area contributed by atoms with Gasteiger partial charge in [0.1, 0.15) is 10.8 Å². The highest BCUT2D eigenvalue weighted by Gasteiger charge is 2.16. The molecule has 0 bridgehead atoms. The summed E-state index contributed by atoms with van der Waals surface area (Å²) in [6.07, 6.45) is 0.135. The van der Waals surface area contributed by atoms with Gasteiger partial charge in [-0.25, -0.2) is 9.78 Å². The van der Waals surface area contributed by atoms with E-state index in [9.17, 15) is 14.7 Å². The van der Waals surface area contributed by atoms with Crippen molar-refractivity contribution in [1.29, 1.82) is 0 Å². The number of carbonyl (C=O) groups is 2. The number of benzene rings is 1. The summed E-state index contributed by atoms with van der Waals surface area (Å²) in [5.74, 6) is -1.20. The van der Waals surface area contributed by atoms with Crippen LogP contribution in [0.4, 0.5) is 0 Å². The lowest BCUT2D eigenvalue weighted by Gasteiger charge is -2.11. The molecule has 0 aliphatic carbocycles. The highest BCUT2D eigenvalue weighted by molar-refractivity contribution is 7.09. The van der Waals surface area contributed by atoms with Crippen LogP contribution in [0.15, 0.2) is 29.6 Å². The molecule has 1 aromatic carbocycles. The summed E-state index contributed by atoms with van der Waals surface area (Å²) >= 11 is 1.19. The number of aromatic hydroxyl groups is 1. The average molecular weight is 306 g/mol. The molecule has 3 N–H and O–H groups in total. The van der Waals surface area contributed by atoms with Gasteiger partial charge >= 0.3 is 5.97 Å². The molecule has 2 aromatic rings. The molecule has 1 unspecified atom stereocenters. The van der Waals surface area contributed by atoms with E-state index in [0.29, 0.717) is 10.6 Å². The first kappa shape index (κ1) is 15.0. The van der Waals surface area contributed by atoms with Crippen LogP contribution in [0.2, 0.25) is 0 Å². The van der Waals surface area contributed by atoms with Crippen molar-refractivity contribution in [3.05, 3.63) is 45.9 Å². The third-order valence-electron chi connectivity index (χ3n) is 2.76. The SMILES string of the molecule is CC(NC(=O)Cc1cccc(O)c1)c1nc(C(=O)O)cs1. The van der Waals surface area contributed by atoms with E-state index in [-0.39, 0.29) is 29.8 Å². The number of amides is 1. The van der Waals surface area contributed by atoms with Crippen LogP contribution in [0, 0.1) is 0 Å². The van der Waals surface area contributed by atoms with Gasteiger partial charge in [-0.1, -0.05) is 12.1 Å². The third kappa shape index (κ3) is 4.03. The number of hydrogen-bond donors (Lipinski definition) is 3. The largest absolute Gasteiger partial charge is 0.508 e. The van der Waals surface area contributed by atoms with Crippen LogP contribution >= 0.6 is 11.3 Å². The van der Waals surface area contributed by atoms with Gasteiger partial charge in [0.2, 0.25) is 5.91 Å². The minimum absolute atomic E-state index is 0.0240. The molecule has 7 heteroatoms. The highest BCUT2D eigenvalue weighted by atomic mass is 32.1. The molecule has 0 aliphatic heterocycles. The maximum atomic E-state index is 11.9. The van der Waals surface area contributed by atoms with Gasteiger partial charge < -0.3 is 15.5 Å². The maximum absolute atomic E-state index is 11.9. The number of phenols is 1. The number of carbonyl (C=O) groups excluding carboxylic acids is 1. The van der Waals surface area contributed by atoms with Gasteiger partial charge in [-0.15, -0.1) is 11.3 Å². The summed E-state index contributed by atoms with van der Waals surface area (Å²) in [6, 6.07) is 6.10. The molecule has 0 saturated heterocycles. The Morgan fingerprint density at radius 1 is 1.43 bits per heavy atom. The number of aromatic carboxylic acids is 1. The van der Waals surface area contributed by atoms with E-state index < -0.39 is 5.97 Å². The fraction of sp³-hybridized carbons (Fsp3) is 0.214. The Balaban J connectivity index is 1.96. The number of thiazole rings is 1. The minimum Gasteiger partial charge on any atom is -0.508 e. The van der Waals surface area contributed by atoms with Gasteiger partial charge in [-0.3, -0.25) is 4.79 Å². The molecule has 1 atom stereocenters. The molecule has 0 saturated carbocycles. The molecule has 0 radical (unpaired) electrons.